The van der Waals surface area contributed by atoms with E-state index in [-0.39, 0.29) is 22.7 Å². The van der Waals surface area contributed by atoms with E-state index in [1.165, 1.54) is 10.4 Å². The molecule has 5 rings (SSSR count). The van der Waals surface area contributed by atoms with Crippen molar-refractivity contribution in [3.05, 3.63) is 60.2 Å². The van der Waals surface area contributed by atoms with Gasteiger partial charge in [-0.1, -0.05) is 24.3 Å². The number of carbonyl (C=O) groups excluding carboxylic acids is 2. The molecule has 4 aromatic rings. The summed E-state index contributed by atoms with van der Waals surface area (Å²) < 4.78 is 47.0. The lowest BCUT2D eigenvalue weighted by Crippen LogP contribution is -2.48. The third-order valence-electron chi connectivity index (χ3n) is 6.28. The van der Waals surface area contributed by atoms with Gasteiger partial charge in [0.05, 0.1) is 18.8 Å². The number of ketones is 1. The van der Waals surface area contributed by atoms with Gasteiger partial charge in [0.1, 0.15) is 27.7 Å². The van der Waals surface area contributed by atoms with Crippen molar-refractivity contribution in [3.8, 4) is 5.75 Å². The van der Waals surface area contributed by atoms with Crippen LogP contribution in [0, 0.1) is 0 Å². The first kappa shape index (κ1) is 24.3. The summed E-state index contributed by atoms with van der Waals surface area (Å²) in [6.45, 7) is -0.297. The number of ether oxygens (including phenoxy) is 2. The van der Waals surface area contributed by atoms with Crippen LogP contribution in [-0.4, -0.2) is 59.5 Å². The molecule has 11 heteroatoms. The number of piperidine rings is 1. The fourth-order valence-electron chi connectivity index (χ4n) is 4.38. The third kappa shape index (κ3) is 4.57. The zero-order chi connectivity index (χ0) is 25.3. The van der Waals surface area contributed by atoms with Crippen LogP contribution in [0.25, 0.3) is 21.8 Å². The fourth-order valence-corrected chi connectivity index (χ4v) is 6.79. The minimum atomic E-state index is -4.03. The maximum atomic E-state index is 13.5. The van der Waals surface area contributed by atoms with Crippen molar-refractivity contribution in [1.29, 1.82) is 0 Å². The molecular weight excluding hydrogens is 502 g/mol. The second kappa shape index (κ2) is 9.92. The molecule has 1 saturated heterocycles. The molecule has 0 spiro atoms. The summed E-state index contributed by atoms with van der Waals surface area (Å²) in [4.78, 5) is 25.8. The van der Waals surface area contributed by atoms with Crippen molar-refractivity contribution in [2.45, 2.75) is 30.2 Å². The summed E-state index contributed by atoms with van der Waals surface area (Å²) in [7, 11) is -2.45. The number of rotatable bonds is 7. The van der Waals surface area contributed by atoms with Gasteiger partial charge in [-0.15, -0.1) is 0 Å². The largest absolute Gasteiger partial charge is 0.497 e. The van der Waals surface area contributed by atoms with Gasteiger partial charge < -0.3 is 9.47 Å². The highest BCUT2D eigenvalue weighted by Gasteiger charge is 2.39. The number of hydrogen-bond acceptors (Lipinski definition) is 9. The second-order valence-electron chi connectivity index (χ2n) is 8.47. The molecule has 0 radical (unpaired) electrons. The number of benzene rings is 3. The van der Waals surface area contributed by atoms with Gasteiger partial charge >= 0.3 is 5.97 Å². The Labute approximate surface area is 212 Å². The zero-order valence-corrected chi connectivity index (χ0v) is 21.0. The molecule has 0 saturated carbocycles. The van der Waals surface area contributed by atoms with Crippen LogP contribution in [0.1, 0.15) is 29.6 Å². The first-order valence-corrected chi connectivity index (χ1v) is 13.6. The summed E-state index contributed by atoms with van der Waals surface area (Å²) in [6.07, 6.45) is 1.61. The topological polar surface area (TPSA) is 116 Å². The van der Waals surface area contributed by atoms with Gasteiger partial charge in [-0.2, -0.15) is 13.1 Å². The molecule has 36 heavy (non-hydrogen) atoms. The van der Waals surface area contributed by atoms with Crippen molar-refractivity contribution >= 4 is 55.3 Å². The number of nitrogens with zero attached hydrogens (tertiary/aromatic N) is 3. The van der Waals surface area contributed by atoms with Crippen LogP contribution in [0.15, 0.2) is 59.5 Å². The van der Waals surface area contributed by atoms with E-state index in [4.69, 9.17) is 9.47 Å². The molecule has 0 N–H and O–H groups in total. The molecule has 9 nitrogen and oxygen atoms in total. The predicted octanol–water partition coefficient (Wildman–Crippen LogP) is 3.82. The molecule has 1 unspecified atom stereocenters. The molecule has 1 fully saturated rings. The van der Waals surface area contributed by atoms with Crippen LogP contribution in [0.3, 0.4) is 0 Å². The lowest BCUT2D eigenvalue weighted by Gasteiger charge is -2.32. The zero-order valence-electron chi connectivity index (χ0n) is 19.4. The maximum Gasteiger partial charge on any atom is 0.324 e. The van der Waals surface area contributed by atoms with E-state index in [0.717, 1.165) is 22.5 Å². The van der Waals surface area contributed by atoms with Crippen LogP contribution in [0.5, 0.6) is 5.75 Å². The van der Waals surface area contributed by atoms with Crippen molar-refractivity contribution in [2.24, 2.45) is 0 Å². The van der Waals surface area contributed by atoms with E-state index in [1.807, 2.05) is 12.1 Å². The van der Waals surface area contributed by atoms with E-state index in [9.17, 15) is 18.0 Å². The highest BCUT2D eigenvalue weighted by atomic mass is 32.2. The number of carbonyl (C=O) groups is 2. The van der Waals surface area contributed by atoms with Crippen molar-refractivity contribution in [3.63, 3.8) is 0 Å². The summed E-state index contributed by atoms with van der Waals surface area (Å²) in [6, 6.07) is 14.5. The Morgan fingerprint density at radius 3 is 2.69 bits per heavy atom. The Kier molecular flexibility index (Phi) is 6.69. The summed E-state index contributed by atoms with van der Waals surface area (Å²) in [5, 5.41) is 1.76. The molecule has 0 aliphatic carbocycles. The molecule has 1 aromatic heterocycles. The minimum absolute atomic E-state index is 0.0114. The van der Waals surface area contributed by atoms with Gasteiger partial charge in [0.15, 0.2) is 12.4 Å². The molecule has 1 aliphatic heterocycles. The number of hydrogen-bond donors (Lipinski definition) is 0. The number of sulfonamides is 1. The first-order valence-electron chi connectivity index (χ1n) is 11.4. The highest BCUT2D eigenvalue weighted by molar-refractivity contribution is 7.89. The number of methoxy groups -OCH3 is 1. The van der Waals surface area contributed by atoms with Crippen LogP contribution in [0.2, 0.25) is 0 Å². The normalized spacial score (nSPS) is 16.8. The van der Waals surface area contributed by atoms with Gasteiger partial charge in [0.2, 0.25) is 10.0 Å². The minimum Gasteiger partial charge on any atom is -0.497 e. The Morgan fingerprint density at radius 2 is 1.86 bits per heavy atom. The molecule has 0 amide bonds. The van der Waals surface area contributed by atoms with Gasteiger partial charge in [-0.3, -0.25) is 9.59 Å². The molecule has 2 heterocycles. The summed E-state index contributed by atoms with van der Waals surface area (Å²) in [5.41, 5.74) is 1.16. The number of Topliss-reactive ketones (excluding diaryl/α,β-unsaturated/α-hetero) is 1. The van der Waals surface area contributed by atoms with Gasteiger partial charge in [0, 0.05) is 12.1 Å². The maximum absolute atomic E-state index is 13.5. The monoisotopic (exact) mass is 525 g/mol. The van der Waals surface area contributed by atoms with Gasteiger partial charge in [0.25, 0.3) is 0 Å². The standard InChI is InChI=1S/C25H23N3O6S2/c1-33-19-11-10-16-13-18(9-8-17(16)14-19)22(29)15-34-25(30)21-6-2-3-12-28(21)36(31,32)23-7-4-5-20-24(23)27-35-26-20/h4-5,7-11,13-14,21H,2-3,6,12,15H2,1H3. The van der Waals surface area contributed by atoms with E-state index >= 15 is 0 Å². The lowest BCUT2D eigenvalue weighted by atomic mass is 10.0. The number of fused-ring (bicyclic) bond motifs is 2. The Morgan fingerprint density at radius 1 is 1.06 bits per heavy atom. The smallest absolute Gasteiger partial charge is 0.324 e. The van der Waals surface area contributed by atoms with Crippen LogP contribution >= 0.6 is 11.7 Å². The predicted molar refractivity (Wildman–Crippen MR) is 135 cm³/mol. The van der Waals surface area contributed by atoms with Crippen LogP contribution in [-0.2, 0) is 19.6 Å². The van der Waals surface area contributed by atoms with Crippen molar-refractivity contribution < 1.29 is 27.5 Å². The lowest BCUT2D eigenvalue weighted by molar-refractivity contribution is -0.148. The second-order valence-corrected chi connectivity index (χ2v) is 10.9. The molecule has 186 valence electrons. The van der Waals surface area contributed by atoms with Crippen molar-refractivity contribution in [2.75, 3.05) is 20.3 Å². The van der Waals surface area contributed by atoms with Gasteiger partial charge in [-0.25, -0.2) is 8.42 Å². The highest BCUT2D eigenvalue weighted by Crippen LogP contribution is 2.30. The number of esters is 1. The molecule has 0 bridgehead atoms. The van der Waals surface area contributed by atoms with E-state index in [0.29, 0.717) is 36.1 Å². The molecular formula is C25H23N3O6S2. The molecule has 1 aliphatic rings. The van der Waals surface area contributed by atoms with Gasteiger partial charge in [-0.05, 0) is 60.4 Å². The quantitative estimate of drug-likeness (QED) is 0.264. The Balaban J connectivity index is 1.32. The van der Waals surface area contributed by atoms with Crippen LogP contribution < -0.4 is 4.74 Å². The average Bonchev–Trinajstić information content (AvgIpc) is 3.40. The SMILES string of the molecule is COc1ccc2cc(C(=O)COC(=O)C3CCCCN3S(=O)(=O)c3cccc4nsnc34)ccc2c1. The van der Waals surface area contributed by atoms with E-state index < -0.39 is 28.6 Å². The summed E-state index contributed by atoms with van der Waals surface area (Å²) in [5.74, 6) is -0.393. The average molecular weight is 526 g/mol. The Bertz CT molecular complexity index is 1570. The fraction of sp³-hybridized carbons (Fsp3) is 0.280. The number of aromatic nitrogens is 2. The summed E-state index contributed by atoms with van der Waals surface area (Å²) >= 11 is 0.930. The van der Waals surface area contributed by atoms with Crippen molar-refractivity contribution in [1.82, 2.24) is 13.1 Å². The first-order chi connectivity index (χ1) is 17.4. The molecule has 3 aromatic carbocycles. The Hall–Kier alpha value is -3.41. The van der Waals surface area contributed by atoms with E-state index in [2.05, 4.69) is 8.75 Å². The van der Waals surface area contributed by atoms with E-state index in [1.54, 1.807) is 43.5 Å². The van der Waals surface area contributed by atoms with Crippen LogP contribution in [0.4, 0.5) is 0 Å². The third-order valence-corrected chi connectivity index (χ3v) is 8.76. The molecule has 1 atom stereocenters.